The molecule has 0 spiro atoms. The Kier molecular flexibility index (Phi) is 6.42. The minimum atomic E-state index is -0.152. The van der Waals surface area contributed by atoms with Crippen LogP contribution in [0.5, 0.6) is 0 Å². The number of carbonyl (C=O) groups is 1. The number of nitrogens with two attached hydrogens (primary N) is 1. The molecule has 1 aromatic carbocycles. The van der Waals surface area contributed by atoms with Crippen molar-refractivity contribution in [2.24, 2.45) is 5.73 Å². The van der Waals surface area contributed by atoms with Crippen LogP contribution in [0.15, 0.2) is 29.6 Å². The molecule has 0 radical (unpaired) electrons. The number of aryl methyl sites for hydroxylation is 1. The maximum atomic E-state index is 12.1. The number of thiazole rings is 1. The molecule has 0 fully saturated rings. The van der Waals surface area contributed by atoms with Gasteiger partial charge in [0, 0.05) is 11.9 Å². The molecule has 0 aliphatic rings. The molecule has 118 valence electrons. The summed E-state index contributed by atoms with van der Waals surface area (Å²) < 4.78 is 0. The molecule has 0 aliphatic heterocycles. The fourth-order valence-corrected chi connectivity index (χ4v) is 3.35. The van der Waals surface area contributed by atoms with E-state index in [-0.39, 0.29) is 11.9 Å². The van der Waals surface area contributed by atoms with E-state index >= 15 is 0 Å². The van der Waals surface area contributed by atoms with Crippen LogP contribution in [0.3, 0.4) is 0 Å². The van der Waals surface area contributed by atoms with Gasteiger partial charge in [-0.3, -0.25) is 4.79 Å². The van der Waals surface area contributed by atoms with Crippen molar-refractivity contribution in [2.75, 3.05) is 12.0 Å². The topological polar surface area (TPSA) is 68.0 Å². The first kappa shape index (κ1) is 17.0. The monoisotopic (exact) mass is 335 g/mol. The second-order valence-corrected chi connectivity index (χ2v) is 7.01. The van der Waals surface area contributed by atoms with Crippen LogP contribution >= 0.6 is 23.1 Å². The fraction of sp³-hybridized carbons (Fsp3) is 0.375. The number of benzene rings is 1. The Morgan fingerprint density at radius 2 is 2.32 bits per heavy atom. The number of hydrogen-bond donors (Lipinski definition) is 2. The third-order valence-electron chi connectivity index (χ3n) is 3.24. The van der Waals surface area contributed by atoms with Crippen LogP contribution in [-0.2, 0) is 6.54 Å². The summed E-state index contributed by atoms with van der Waals surface area (Å²) in [5, 5.41) is 5.50. The molecule has 3 N–H and O–H groups in total. The second kappa shape index (κ2) is 8.31. The molecule has 0 saturated heterocycles. The highest BCUT2D eigenvalue weighted by Gasteiger charge is 2.14. The van der Waals surface area contributed by atoms with Crippen molar-refractivity contribution in [1.29, 1.82) is 0 Å². The van der Waals surface area contributed by atoms with E-state index in [0.717, 1.165) is 22.7 Å². The number of rotatable bonds is 7. The number of aromatic nitrogens is 1. The van der Waals surface area contributed by atoms with E-state index in [9.17, 15) is 4.79 Å². The van der Waals surface area contributed by atoms with Crippen LogP contribution in [0.4, 0.5) is 0 Å². The van der Waals surface area contributed by atoms with Crippen LogP contribution in [-0.4, -0.2) is 22.9 Å². The van der Waals surface area contributed by atoms with Gasteiger partial charge < -0.3 is 11.1 Å². The van der Waals surface area contributed by atoms with Gasteiger partial charge in [-0.1, -0.05) is 29.8 Å². The molecular formula is C16H21N3OS2. The van der Waals surface area contributed by atoms with Gasteiger partial charge >= 0.3 is 0 Å². The predicted octanol–water partition coefficient (Wildman–Crippen LogP) is 3.13. The van der Waals surface area contributed by atoms with E-state index < -0.39 is 0 Å². The Labute approximate surface area is 139 Å². The summed E-state index contributed by atoms with van der Waals surface area (Å²) in [4.78, 5) is 16.5. The molecule has 2 rings (SSSR count). The Morgan fingerprint density at radius 3 is 3.05 bits per heavy atom. The number of amides is 1. The van der Waals surface area contributed by atoms with E-state index in [0.29, 0.717) is 12.2 Å². The minimum absolute atomic E-state index is 0.0872. The molecule has 0 aliphatic carbocycles. The highest BCUT2D eigenvalue weighted by Crippen LogP contribution is 2.20. The van der Waals surface area contributed by atoms with Crippen LogP contribution in [0.25, 0.3) is 0 Å². The smallest absolute Gasteiger partial charge is 0.271 e. The van der Waals surface area contributed by atoms with E-state index in [1.54, 1.807) is 17.1 Å². The van der Waals surface area contributed by atoms with E-state index in [4.69, 9.17) is 5.73 Å². The SMILES string of the molecule is CSCCC(N)c1nc(C(=O)NCc2cccc(C)c2)cs1. The summed E-state index contributed by atoms with van der Waals surface area (Å²) in [6.45, 7) is 2.54. The molecule has 1 unspecified atom stereocenters. The van der Waals surface area contributed by atoms with Crippen molar-refractivity contribution >= 4 is 29.0 Å². The van der Waals surface area contributed by atoms with Crippen molar-refractivity contribution < 1.29 is 4.79 Å². The zero-order valence-corrected chi connectivity index (χ0v) is 14.5. The number of carbonyl (C=O) groups excluding carboxylic acids is 1. The van der Waals surface area contributed by atoms with Gasteiger partial charge in [-0.05, 0) is 30.9 Å². The molecule has 0 saturated carbocycles. The highest BCUT2D eigenvalue weighted by molar-refractivity contribution is 7.98. The lowest BCUT2D eigenvalue weighted by Crippen LogP contribution is -2.23. The quantitative estimate of drug-likeness (QED) is 0.816. The van der Waals surface area contributed by atoms with Crippen LogP contribution in [0.1, 0.15) is 39.1 Å². The first-order valence-corrected chi connectivity index (χ1v) is 9.41. The molecule has 2 aromatic rings. The molecule has 6 heteroatoms. The van der Waals surface area contributed by atoms with Gasteiger partial charge in [-0.15, -0.1) is 11.3 Å². The van der Waals surface area contributed by atoms with E-state index in [1.807, 2.05) is 25.1 Å². The Morgan fingerprint density at radius 1 is 1.50 bits per heavy atom. The molecule has 1 heterocycles. The van der Waals surface area contributed by atoms with Gasteiger partial charge in [0.15, 0.2) is 0 Å². The number of hydrogen-bond acceptors (Lipinski definition) is 5. The summed E-state index contributed by atoms with van der Waals surface area (Å²) in [6, 6.07) is 8.00. The molecule has 1 aromatic heterocycles. The van der Waals surface area contributed by atoms with Crippen molar-refractivity contribution in [2.45, 2.75) is 25.9 Å². The normalized spacial score (nSPS) is 12.1. The van der Waals surface area contributed by atoms with Gasteiger partial charge in [-0.2, -0.15) is 11.8 Å². The van der Waals surface area contributed by atoms with Crippen LogP contribution < -0.4 is 11.1 Å². The largest absolute Gasteiger partial charge is 0.347 e. The van der Waals surface area contributed by atoms with Gasteiger partial charge in [-0.25, -0.2) is 4.98 Å². The maximum Gasteiger partial charge on any atom is 0.271 e. The first-order valence-electron chi connectivity index (χ1n) is 7.14. The molecule has 0 bridgehead atoms. The number of nitrogens with zero attached hydrogens (tertiary/aromatic N) is 1. The molecule has 4 nitrogen and oxygen atoms in total. The highest BCUT2D eigenvalue weighted by atomic mass is 32.2. The lowest BCUT2D eigenvalue weighted by atomic mass is 10.1. The summed E-state index contributed by atoms with van der Waals surface area (Å²) in [7, 11) is 0. The molecular weight excluding hydrogens is 314 g/mol. The van der Waals surface area contributed by atoms with Gasteiger partial charge in [0.05, 0.1) is 6.04 Å². The maximum absolute atomic E-state index is 12.1. The first-order chi connectivity index (χ1) is 10.6. The standard InChI is InChI=1S/C16H21N3OS2/c1-11-4-3-5-12(8-11)9-18-15(20)14-10-22-16(19-14)13(17)6-7-21-2/h3-5,8,10,13H,6-7,9,17H2,1-2H3,(H,18,20). The third-order valence-corrected chi connectivity index (χ3v) is 4.86. The zero-order chi connectivity index (χ0) is 15.9. The van der Waals surface area contributed by atoms with Crippen LogP contribution in [0, 0.1) is 6.92 Å². The number of nitrogens with one attached hydrogen (secondary N) is 1. The Balaban J connectivity index is 1.91. The lowest BCUT2D eigenvalue weighted by molar-refractivity contribution is 0.0946. The zero-order valence-electron chi connectivity index (χ0n) is 12.8. The molecule has 1 atom stereocenters. The van der Waals surface area contributed by atoms with Crippen LogP contribution in [0.2, 0.25) is 0 Å². The fourth-order valence-electron chi connectivity index (χ4n) is 2.03. The van der Waals surface area contributed by atoms with Gasteiger partial charge in [0.2, 0.25) is 0 Å². The van der Waals surface area contributed by atoms with E-state index in [2.05, 4.69) is 22.6 Å². The minimum Gasteiger partial charge on any atom is -0.347 e. The second-order valence-electron chi connectivity index (χ2n) is 5.13. The van der Waals surface area contributed by atoms with Crippen molar-refractivity contribution in [3.05, 3.63) is 51.5 Å². The van der Waals surface area contributed by atoms with Crippen molar-refractivity contribution in [1.82, 2.24) is 10.3 Å². The van der Waals surface area contributed by atoms with Crippen molar-refractivity contribution in [3.8, 4) is 0 Å². The average molecular weight is 335 g/mol. The summed E-state index contributed by atoms with van der Waals surface area (Å²) >= 11 is 3.22. The summed E-state index contributed by atoms with van der Waals surface area (Å²) in [5.41, 5.74) is 8.80. The molecule has 22 heavy (non-hydrogen) atoms. The summed E-state index contributed by atoms with van der Waals surface area (Å²) in [5.74, 6) is 0.844. The third kappa shape index (κ3) is 4.83. The Bertz CT molecular complexity index is 627. The lowest BCUT2D eigenvalue weighted by Gasteiger charge is -2.06. The predicted molar refractivity (Wildman–Crippen MR) is 94.4 cm³/mol. The number of thioether (sulfide) groups is 1. The molecule has 1 amide bonds. The van der Waals surface area contributed by atoms with E-state index in [1.165, 1.54) is 16.9 Å². The average Bonchev–Trinajstić information content (AvgIpc) is 3.00. The summed E-state index contributed by atoms with van der Waals surface area (Å²) in [6.07, 6.45) is 2.93. The van der Waals surface area contributed by atoms with Crippen molar-refractivity contribution in [3.63, 3.8) is 0 Å². The Hall–Kier alpha value is -1.37. The van der Waals surface area contributed by atoms with Gasteiger partial charge in [0.25, 0.3) is 5.91 Å². The van der Waals surface area contributed by atoms with Gasteiger partial charge in [0.1, 0.15) is 10.7 Å².